The van der Waals surface area contributed by atoms with Crippen LogP contribution in [0.1, 0.15) is 54.4 Å². The van der Waals surface area contributed by atoms with Crippen LogP contribution in [0.3, 0.4) is 0 Å². The minimum Gasteiger partial charge on any atom is -0.460 e. The van der Waals surface area contributed by atoms with Crippen LogP contribution < -0.4 is 0 Å². The first kappa shape index (κ1) is 19.3. The Morgan fingerprint density at radius 3 is 2.05 bits per heavy atom. The number of rotatable bonds is 5. The number of nitrogens with zero attached hydrogens (tertiary/aromatic N) is 1. The summed E-state index contributed by atoms with van der Waals surface area (Å²) in [5, 5.41) is 8.99. The van der Waals surface area contributed by atoms with E-state index in [2.05, 4.69) is 39.4 Å². The zero-order chi connectivity index (χ0) is 16.2. The molecule has 0 unspecified atom stereocenters. The highest BCUT2D eigenvalue weighted by Crippen LogP contribution is 2.54. The van der Waals surface area contributed by atoms with E-state index in [-0.39, 0.29) is 16.6 Å². The third-order valence-electron chi connectivity index (χ3n) is 3.57. The fraction of sp³-hybridized carbons (Fsp3) is 0.875. The molecule has 0 radical (unpaired) electrons. The van der Waals surface area contributed by atoms with Crippen LogP contribution in [-0.2, 0) is 9.53 Å². The SMILES string of the molecule is CC(C)(C)OC(=O)C[C@@H](CC#N)CS(C)(C)C(C)(C)C. The van der Waals surface area contributed by atoms with E-state index in [1.807, 2.05) is 20.8 Å². The molecule has 0 aliphatic heterocycles. The Bertz CT molecular complexity index is 369. The van der Waals surface area contributed by atoms with Gasteiger partial charge in [0.25, 0.3) is 0 Å². The summed E-state index contributed by atoms with van der Waals surface area (Å²) in [6, 6.07) is 2.22. The summed E-state index contributed by atoms with van der Waals surface area (Å²) in [5.41, 5.74) is -0.458. The van der Waals surface area contributed by atoms with Gasteiger partial charge in [0.1, 0.15) is 5.60 Å². The third-order valence-corrected chi connectivity index (χ3v) is 8.19. The van der Waals surface area contributed by atoms with E-state index in [9.17, 15) is 4.79 Å². The number of hydrogen-bond donors (Lipinski definition) is 0. The second-order valence-corrected chi connectivity index (χ2v) is 12.5. The van der Waals surface area contributed by atoms with Crippen molar-refractivity contribution in [3.05, 3.63) is 0 Å². The van der Waals surface area contributed by atoms with E-state index in [0.717, 1.165) is 5.75 Å². The second kappa shape index (κ2) is 6.85. The van der Waals surface area contributed by atoms with Gasteiger partial charge in [-0.15, -0.1) is 0 Å². The molecule has 118 valence electrons. The van der Waals surface area contributed by atoms with E-state index in [1.54, 1.807) is 0 Å². The smallest absolute Gasteiger partial charge is 0.306 e. The van der Waals surface area contributed by atoms with E-state index >= 15 is 0 Å². The van der Waals surface area contributed by atoms with Crippen LogP contribution in [-0.4, -0.2) is 34.6 Å². The van der Waals surface area contributed by atoms with Gasteiger partial charge in [0.15, 0.2) is 0 Å². The van der Waals surface area contributed by atoms with E-state index in [4.69, 9.17) is 10.00 Å². The average Bonchev–Trinajstić information content (AvgIpc) is 2.11. The molecule has 0 aromatic rings. The Hall–Kier alpha value is -0.690. The number of hydrogen-bond acceptors (Lipinski definition) is 3. The highest BCUT2D eigenvalue weighted by molar-refractivity contribution is 8.33. The molecule has 0 aliphatic rings. The molecule has 0 N–H and O–H groups in total. The van der Waals surface area contributed by atoms with Crippen molar-refractivity contribution in [2.24, 2.45) is 5.92 Å². The van der Waals surface area contributed by atoms with Gasteiger partial charge in [-0.2, -0.15) is 5.26 Å². The lowest BCUT2D eigenvalue weighted by Crippen LogP contribution is -2.31. The molecule has 4 heteroatoms. The van der Waals surface area contributed by atoms with E-state index in [0.29, 0.717) is 12.8 Å². The van der Waals surface area contributed by atoms with Gasteiger partial charge in [0, 0.05) is 6.42 Å². The molecule has 0 aromatic heterocycles. The van der Waals surface area contributed by atoms with E-state index in [1.165, 1.54) is 0 Å². The molecule has 1 atom stereocenters. The van der Waals surface area contributed by atoms with Gasteiger partial charge in [-0.3, -0.25) is 4.79 Å². The Kier molecular flexibility index (Phi) is 6.61. The lowest BCUT2D eigenvalue weighted by molar-refractivity contribution is -0.155. The van der Waals surface area contributed by atoms with Gasteiger partial charge in [0.05, 0.1) is 12.5 Å². The molecule has 3 nitrogen and oxygen atoms in total. The predicted molar refractivity (Wildman–Crippen MR) is 88.2 cm³/mol. The van der Waals surface area contributed by atoms with Gasteiger partial charge in [-0.05, 0) is 49.7 Å². The molecule has 0 fully saturated rings. The molecule has 0 saturated carbocycles. The summed E-state index contributed by atoms with van der Waals surface area (Å²) in [7, 11) is -0.867. The maximum atomic E-state index is 12.0. The molecule has 20 heavy (non-hydrogen) atoms. The lowest BCUT2D eigenvalue weighted by atomic mass is 10.0. The van der Waals surface area contributed by atoms with Crippen molar-refractivity contribution in [2.75, 3.05) is 18.3 Å². The van der Waals surface area contributed by atoms with Crippen molar-refractivity contribution in [1.82, 2.24) is 0 Å². The molecule has 0 spiro atoms. The fourth-order valence-electron chi connectivity index (χ4n) is 1.78. The van der Waals surface area contributed by atoms with Crippen LogP contribution in [0, 0.1) is 17.2 Å². The van der Waals surface area contributed by atoms with Gasteiger partial charge in [-0.1, -0.05) is 20.8 Å². The second-order valence-electron chi connectivity index (χ2n) is 7.84. The van der Waals surface area contributed by atoms with Crippen LogP contribution in [0.5, 0.6) is 0 Å². The predicted octanol–water partition coefficient (Wildman–Crippen LogP) is 4.11. The first-order valence-corrected chi connectivity index (χ1v) is 9.70. The van der Waals surface area contributed by atoms with Crippen LogP contribution in [0.2, 0.25) is 0 Å². The minimum absolute atomic E-state index is 0.0964. The number of carbonyl (C=O) groups excluding carboxylic acids is 1. The van der Waals surface area contributed by atoms with E-state index < -0.39 is 15.6 Å². The Morgan fingerprint density at radius 2 is 1.70 bits per heavy atom. The molecule has 0 bridgehead atoms. The zero-order valence-electron chi connectivity index (χ0n) is 14.4. The first-order valence-electron chi connectivity index (χ1n) is 7.08. The summed E-state index contributed by atoms with van der Waals surface area (Å²) in [4.78, 5) is 12.0. The minimum atomic E-state index is -0.867. The highest BCUT2D eigenvalue weighted by Gasteiger charge is 2.31. The van der Waals surface area contributed by atoms with Crippen molar-refractivity contribution in [2.45, 2.75) is 64.7 Å². The van der Waals surface area contributed by atoms with Gasteiger partial charge >= 0.3 is 5.97 Å². The standard InChI is InChI=1S/C16H31NO2S/c1-15(2,3)19-14(18)11-13(9-10-17)12-20(7,8)16(4,5)6/h13H,9,11-12H2,1-8H3/t13-/m1/s1. The summed E-state index contributed by atoms with van der Waals surface area (Å²) in [6.07, 6.45) is 5.34. The van der Waals surface area contributed by atoms with Crippen molar-refractivity contribution in [3.8, 4) is 6.07 Å². The summed E-state index contributed by atoms with van der Waals surface area (Å²) in [6.45, 7) is 12.3. The quantitative estimate of drug-likeness (QED) is 0.718. The van der Waals surface area contributed by atoms with Gasteiger partial charge < -0.3 is 4.74 Å². The van der Waals surface area contributed by atoms with Crippen LogP contribution in [0.4, 0.5) is 0 Å². The lowest BCUT2D eigenvalue weighted by Gasteiger charge is -2.46. The monoisotopic (exact) mass is 301 g/mol. The Morgan fingerprint density at radius 1 is 1.20 bits per heavy atom. The maximum absolute atomic E-state index is 12.0. The number of esters is 1. The fourth-order valence-corrected chi connectivity index (χ4v) is 3.69. The van der Waals surface area contributed by atoms with Gasteiger partial charge in [0.2, 0.25) is 0 Å². The molecule has 0 heterocycles. The first-order chi connectivity index (χ1) is 8.78. The molecular weight excluding hydrogens is 270 g/mol. The number of carbonyl (C=O) groups is 1. The normalized spacial score (nSPS) is 15.3. The van der Waals surface area contributed by atoms with Crippen molar-refractivity contribution in [3.63, 3.8) is 0 Å². The summed E-state index contributed by atoms with van der Waals surface area (Å²) >= 11 is 0. The Labute approximate surface area is 126 Å². The third kappa shape index (κ3) is 7.19. The summed E-state index contributed by atoms with van der Waals surface area (Å²) < 4.78 is 5.59. The molecule has 0 aliphatic carbocycles. The van der Waals surface area contributed by atoms with Crippen LogP contribution in [0.25, 0.3) is 0 Å². The van der Waals surface area contributed by atoms with Gasteiger partial charge in [-0.25, -0.2) is 10.0 Å². The zero-order valence-corrected chi connectivity index (χ0v) is 15.2. The number of nitriles is 1. The summed E-state index contributed by atoms with van der Waals surface area (Å²) in [5.74, 6) is 0.837. The topological polar surface area (TPSA) is 50.1 Å². The van der Waals surface area contributed by atoms with Crippen molar-refractivity contribution in [1.29, 1.82) is 5.26 Å². The molecule has 0 amide bonds. The molecule has 0 aromatic carbocycles. The maximum Gasteiger partial charge on any atom is 0.306 e. The largest absolute Gasteiger partial charge is 0.460 e. The highest BCUT2D eigenvalue weighted by atomic mass is 32.3. The van der Waals surface area contributed by atoms with Crippen molar-refractivity contribution >= 4 is 16.0 Å². The molecule has 0 rings (SSSR count). The average molecular weight is 301 g/mol. The van der Waals surface area contributed by atoms with Crippen LogP contribution >= 0.6 is 10.0 Å². The molecule has 0 saturated heterocycles. The molecular formula is C16H31NO2S. The van der Waals surface area contributed by atoms with Crippen molar-refractivity contribution < 1.29 is 9.53 Å². The Balaban J connectivity index is 4.76. The van der Waals surface area contributed by atoms with Crippen LogP contribution in [0.15, 0.2) is 0 Å². The number of ether oxygens (including phenoxy) is 1.